The third-order valence-electron chi connectivity index (χ3n) is 3.21. The third kappa shape index (κ3) is 3.42. The van der Waals surface area contributed by atoms with Crippen molar-refractivity contribution in [1.29, 1.82) is 0 Å². The Labute approximate surface area is 115 Å². The molecule has 0 amide bonds. The monoisotopic (exact) mass is 345 g/mol. The molecule has 0 saturated carbocycles. The first-order valence-electron chi connectivity index (χ1n) is 5.88. The first-order chi connectivity index (χ1) is 8.16. The molecule has 0 spiro atoms. The van der Waals surface area contributed by atoms with Crippen molar-refractivity contribution in [2.75, 3.05) is 13.1 Å². The number of benzene rings is 1. The van der Waals surface area contributed by atoms with E-state index in [0.717, 1.165) is 31.5 Å². The molecule has 1 aliphatic rings. The van der Waals surface area contributed by atoms with Gasteiger partial charge in [-0.05, 0) is 72.6 Å². The SMILES string of the molecule is O=C(O)C(Cc1ccc(I)cc1)N1CCCC1. The van der Waals surface area contributed by atoms with Gasteiger partial charge >= 0.3 is 5.97 Å². The van der Waals surface area contributed by atoms with E-state index in [9.17, 15) is 9.90 Å². The zero-order valence-corrected chi connectivity index (χ0v) is 11.8. The standard InChI is InChI=1S/C13H16INO2/c14-11-5-3-10(4-6-11)9-12(13(16)17)15-7-1-2-8-15/h3-6,12H,1-2,7-9H2,(H,16,17). The molecule has 1 saturated heterocycles. The Bertz CT molecular complexity index is 385. The molecule has 0 radical (unpaired) electrons. The van der Waals surface area contributed by atoms with E-state index in [1.54, 1.807) is 0 Å². The van der Waals surface area contributed by atoms with Crippen LogP contribution in [-0.2, 0) is 11.2 Å². The Hall–Kier alpha value is -0.620. The molecule has 17 heavy (non-hydrogen) atoms. The summed E-state index contributed by atoms with van der Waals surface area (Å²) in [6.07, 6.45) is 2.85. The summed E-state index contributed by atoms with van der Waals surface area (Å²) in [6, 6.07) is 7.73. The van der Waals surface area contributed by atoms with Crippen molar-refractivity contribution in [3.63, 3.8) is 0 Å². The normalized spacial score (nSPS) is 18.2. The molecule has 3 nitrogen and oxygen atoms in total. The van der Waals surface area contributed by atoms with Gasteiger partial charge in [0.2, 0.25) is 0 Å². The molecule has 2 rings (SSSR count). The third-order valence-corrected chi connectivity index (χ3v) is 3.93. The van der Waals surface area contributed by atoms with E-state index in [0.29, 0.717) is 6.42 Å². The lowest BCUT2D eigenvalue weighted by atomic mass is 10.1. The van der Waals surface area contributed by atoms with Crippen LogP contribution < -0.4 is 0 Å². The number of hydrogen-bond donors (Lipinski definition) is 1. The second-order valence-electron chi connectivity index (χ2n) is 4.43. The van der Waals surface area contributed by atoms with Gasteiger partial charge in [-0.15, -0.1) is 0 Å². The summed E-state index contributed by atoms with van der Waals surface area (Å²) in [5.74, 6) is -0.703. The Kier molecular flexibility index (Phi) is 4.39. The molecule has 1 aromatic carbocycles. The number of aliphatic carboxylic acids is 1. The van der Waals surface area contributed by atoms with Crippen LogP contribution in [-0.4, -0.2) is 35.1 Å². The van der Waals surface area contributed by atoms with Crippen molar-refractivity contribution in [2.45, 2.75) is 25.3 Å². The van der Waals surface area contributed by atoms with E-state index >= 15 is 0 Å². The van der Waals surface area contributed by atoms with Crippen LogP contribution >= 0.6 is 22.6 Å². The minimum Gasteiger partial charge on any atom is -0.480 e. The highest BCUT2D eigenvalue weighted by Crippen LogP contribution is 2.17. The lowest BCUT2D eigenvalue weighted by Crippen LogP contribution is -2.40. The summed E-state index contributed by atoms with van der Waals surface area (Å²) in [4.78, 5) is 13.4. The van der Waals surface area contributed by atoms with Gasteiger partial charge in [0.15, 0.2) is 0 Å². The molecule has 1 unspecified atom stereocenters. The van der Waals surface area contributed by atoms with E-state index in [1.807, 2.05) is 24.3 Å². The van der Waals surface area contributed by atoms with Crippen molar-refractivity contribution in [1.82, 2.24) is 4.90 Å². The van der Waals surface area contributed by atoms with E-state index in [-0.39, 0.29) is 6.04 Å². The minimum atomic E-state index is -0.703. The van der Waals surface area contributed by atoms with Crippen LogP contribution in [0.2, 0.25) is 0 Å². The highest BCUT2D eigenvalue weighted by atomic mass is 127. The van der Waals surface area contributed by atoms with Crippen molar-refractivity contribution in [3.8, 4) is 0 Å². The molecule has 4 heteroatoms. The Morgan fingerprint density at radius 1 is 1.29 bits per heavy atom. The minimum absolute atomic E-state index is 0.363. The topological polar surface area (TPSA) is 40.5 Å². The fourth-order valence-corrected chi connectivity index (χ4v) is 2.63. The maximum atomic E-state index is 11.3. The molecular weight excluding hydrogens is 329 g/mol. The molecule has 1 heterocycles. The Morgan fingerprint density at radius 2 is 1.88 bits per heavy atom. The number of carboxylic acids is 1. The summed E-state index contributed by atoms with van der Waals surface area (Å²) in [5, 5.41) is 9.31. The van der Waals surface area contributed by atoms with E-state index in [4.69, 9.17) is 0 Å². The fourth-order valence-electron chi connectivity index (χ4n) is 2.27. The Balaban J connectivity index is 2.06. The zero-order chi connectivity index (χ0) is 12.3. The molecule has 0 bridgehead atoms. The zero-order valence-electron chi connectivity index (χ0n) is 9.60. The van der Waals surface area contributed by atoms with E-state index < -0.39 is 5.97 Å². The highest BCUT2D eigenvalue weighted by molar-refractivity contribution is 14.1. The summed E-state index contributed by atoms with van der Waals surface area (Å²) >= 11 is 2.25. The lowest BCUT2D eigenvalue weighted by molar-refractivity contribution is -0.142. The molecule has 92 valence electrons. The van der Waals surface area contributed by atoms with Crippen LogP contribution in [0.25, 0.3) is 0 Å². The molecule has 0 aliphatic carbocycles. The molecule has 1 N–H and O–H groups in total. The van der Waals surface area contributed by atoms with Crippen LogP contribution in [0, 0.1) is 3.57 Å². The van der Waals surface area contributed by atoms with Crippen molar-refractivity contribution in [3.05, 3.63) is 33.4 Å². The van der Waals surface area contributed by atoms with Gasteiger partial charge in [-0.1, -0.05) is 12.1 Å². The lowest BCUT2D eigenvalue weighted by Gasteiger charge is -2.23. The number of rotatable bonds is 4. The van der Waals surface area contributed by atoms with Crippen LogP contribution in [0.4, 0.5) is 0 Å². The van der Waals surface area contributed by atoms with Gasteiger partial charge < -0.3 is 5.11 Å². The molecular formula is C13H16INO2. The molecule has 0 aromatic heterocycles. The first kappa shape index (κ1) is 12.8. The molecule has 1 atom stereocenters. The van der Waals surface area contributed by atoms with Crippen LogP contribution in [0.1, 0.15) is 18.4 Å². The quantitative estimate of drug-likeness (QED) is 0.852. The average Bonchev–Trinajstić information content (AvgIpc) is 2.81. The summed E-state index contributed by atoms with van der Waals surface area (Å²) in [5.41, 5.74) is 1.10. The largest absolute Gasteiger partial charge is 0.480 e. The number of carboxylic acid groups (broad SMARTS) is 1. The smallest absolute Gasteiger partial charge is 0.321 e. The molecule has 1 fully saturated rings. The van der Waals surface area contributed by atoms with Crippen molar-refractivity contribution in [2.24, 2.45) is 0 Å². The van der Waals surface area contributed by atoms with Gasteiger partial charge in [-0.2, -0.15) is 0 Å². The maximum Gasteiger partial charge on any atom is 0.321 e. The first-order valence-corrected chi connectivity index (χ1v) is 6.96. The van der Waals surface area contributed by atoms with Crippen molar-refractivity contribution < 1.29 is 9.90 Å². The Morgan fingerprint density at radius 3 is 2.41 bits per heavy atom. The van der Waals surface area contributed by atoms with Crippen LogP contribution in [0.3, 0.4) is 0 Å². The second kappa shape index (κ2) is 5.82. The average molecular weight is 345 g/mol. The van der Waals surface area contributed by atoms with Crippen LogP contribution in [0.5, 0.6) is 0 Å². The van der Waals surface area contributed by atoms with Gasteiger partial charge in [0, 0.05) is 3.57 Å². The number of hydrogen-bond acceptors (Lipinski definition) is 2. The highest BCUT2D eigenvalue weighted by Gasteiger charge is 2.27. The predicted octanol–water partition coefficient (Wildman–Crippen LogP) is 2.38. The van der Waals surface area contributed by atoms with Gasteiger partial charge in [0.25, 0.3) is 0 Å². The summed E-state index contributed by atoms with van der Waals surface area (Å²) < 4.78 is 1.18. The number of nitrogens with zero attached hydrogens (tertiary/aromatic N) is 1. The summed E-state index contributed by atoms with van der Waals surface area (Å²) in [7, 11) is 0. The maximum absolute atomic E-state index is 11.3. The summed E-state index contributed by atoms with van der Waals surface area (Å²) in [6.45, 7) is 1.84. The van der Waals surface area contributed by atoms with Gasteiger partial charge in [0.1, 0.15) is 6.04 Å². The second-order valence-corrected chi connectivity index (χ2v) is 5.67. The predicted molar refractivity (Wildman–Crippen MR) is 75.1 cm³/mol. The van der Waals surface area contributed by atoms with E-state index in [1.165, 1.54) is 3.57 Å². The van der Waals surface area contributed by atoms with Crippen molar-refractivity contribution >= 4 is 28.6 Å². The number of likely N-dealkylation sites (tertiary alicyclic amines) is 1. The molecule has 1 aliphatic heterocycles. The molecule has 1 aromatic rings. The fraction of sp³-hybridized carbons (Fsp3) is 0.462. The number of carbonyl (C=O) groups is 1. The van der Waals surface area contributed by atoms with Crippen LogP contribution in [0.15, 0.2) is 24.3 Å². The van der Waals surface area contributed by atoms with Gasteiger partial charge in [-0.25, -0.2) is 0 Å². The number of halogens is 1. The van der Waals surface area contributed by atoms with E-state index in [2.05, 4.69) is 27.5 Å². The van der Waals surface area contributed by atoms with Gasteiger partial charge in [0.05, 0.1) is 0 Å². The van der Waals surface area contributed by atoms with Gasteiger partial charge in [-0.3, -0.25) is 9.69 Å².